The minimum absolute atomic E-state index is 0.233. The van der Waals surface area contributed by atoms with Gasteiger partial charge in [-0.05, 0) is 6.92 Å². The fraction of sp³-hybridized carbons (Fsp3) is 0.200. The van der Waals surface area contributed by atoms with E-state index >= 15 is 0 Å². The summed E-state index contributed by atoms with van der Waals surface area (Å²) in [6.45, 7) is 2.37. The first kappa shape index (κ1) is 10.2. The number of carbonyl (C=O) groups is 1. The molecule has 0 heterocycles. The van der Waals surface area contributed by atoms with Gasteiger partial charge in [0.25, 0.3) is 0 Å². The minimum Gasteiger partial charge on any atom is -0.383 e. The van der Waals surface area contributed by atoms with Crippen LogP contribution in [0.2, 0.25) is 0 Å². The van der Waals surface area contributed by atoms with Gasteiger partial charge in [0.15, 0.2) is 0 Å². The summed E-state index contributed by atoms with van der Waals surface area (Å²) in [7, 11) is 0. The van der Waals surface area contributed by atoms with Crippen LogP contribution in [0.3, 0.4) is 0 Å². The number of nitrogens with zero attached hydrogens (tertiary/aromatic N) is 1. The van der Waals surface area contributed by atoms with Gasteiger partial charge in [0.05, 0.1) is 0 Å². The van der Waals surface area contributed by atoms with Crippen molar-refractivity contribution in [3.05, 3.63) is 35.9 Å². The predicted octanol–water partition coefficient (Wildman–Crippen LogP) is 1.12. The predicted molar refractivity (Wildman–Crippen MR) is 56.2 cm³/mol. The quantitative estimate of drug-likeness (QED) is 0.543. The molecule has 0 spiro atoms. The normalized spacial score (nSPS) is 11.1. The average molecular weight is 191 g/mol. The molecule has 4 heteroatoms. The first-order valence-corrected chi connectivity index (χ1v) is 4.41. The summed E-state index contributed by atoms with van der Waals surface area (Å²) >= 11 is 0. The fourth-order valence-corrected chi connectivity index (χ4v) is 0.974. The topological polar surface area (TPSA) is 67.5 Å². The zero-order chi connectivity index (χ0) is 10.4. The molecule has 0 saturated heterocycles. The van der Waals surface area contributed by atoms with Gasteiger partial charge in [-0.1, -0.05) is 30.3 Å². The molecule has 0 saturated carbocycles. The van der Waals surface area contributed by atoms with E-state index in [1.165, 1.54) is 0 Å². The molecule has 0 aliphatic carbocycles. The molecule has 1 aromatic carbocycles. The Bertz CT molecular complexity index is 332. The van der Waals surface area contributed by atoms with Crippen molar-refractivity contribution >= 4 is 11.9 Å². The summed E-state index contributed by atoms with van der Waals surface area (Å²) in [6.07, 6.45) is 0. The minimum atomic E-state index is -0.408. The van der Waals surface area contributed by atoms with Crippen LogP contribution in [-0.4, -0.2) is 18.4 Å². The average Bonchev–Trinajstić information content (AvgIpc) is 2.19. The van der Waals surface area contributed by atoms with Crippen molar-refractivity contribution < 1.29 is 4.79 Å². The molecule has 1 rings (SSSR count). The monoisotopic (exact) mass is 191 g/mol. The Labute approximate surface area is 82.8 Å². The van der Waals surface area contributed by atoms with Crippen LogP contribution in [0, 0.1) is 0 Å². The molecule has 74 valence electrons. The summed E-state index contributed by atoms with van der Waals surface area (Å²) in [4.78, 5) is 14.7. The van der Waals surface area contributed by atoms with E-state index < -0.39 is 6.03 Å². The third kappa shape index (κ3) is 2.90. The zero-order valence-electron chi connectivity index (χ0n) is 8.03. The highest BCUT2D eigenvalue weighted by molar-refractivity contribution is 6.03. The lowest BCUT2D eigenvalue weighted by atomic mass is 10.2. The number of nitrogens with one attached hydrogen (secondary N) is 1. The molecule has 0 aliphatic rings. The van der Waals surface area contributed by atoms with Crippen LogP contribution in [0.4, 0.5) is 4.79 Å². The Balaban J connectivity index is 2.75. The summed E-state index contributed by atoms with van der Waals surface area (Å²) in [6, 6.07) is 8.76. The van der Waals surface area contributed by atoms with Crippen molar-refractivity contribution in [3.8, 4) is 0 Å². The molecule has 4 nitrogen and oxygen atoms in total. The number of amidine groups is 1. The number of carbonyl (C=O) groups excluding carboxylic acids is 1. The molecule has 0 radical (unpaired) electrons. The summed E-state index contributed by atoms with van der Waals surface area (Å²) in [5.74, 6) is 0.233. The Morgan fingerprint density at radius 2 is 2.07 bits per heavy atom. The van der Waals surface area contributed by atoms with Gasteiger partial charge in [0.1, 0.15) is 5.84 Å². The molecular weight excluding hydrogens is 178 g/mol. The largest absolute Gasteiger partial charge is 0.383 e. The highest BCUT2D eigenvalue weighted by atomic mass is 16.2. The maximum absolute atomic E-state index is 11.0. The molecule has 0 atom stereocenters. The smallest absolute Gasteiger partial charge is 0.342 e. The molecule has 0 aliphatic heterocycles. The molecule has 0 fully saturated rings. The molecular formula is C10H13N3O. The number of benzene rings is 1. The van der Waals surface area contributed by atoms with Gasteiger partial charge < -0.3 is 11.1 Å². The van der Waals surface area contributed by atoms with Crippen LogP contribution in [0.5, 0.6) is 0 Å². The zero-order valence-corrected chi connectivity index (χ0v) is 8.03. The molecule has 2 amide bonds. The van der Waals surface area contributed by atoms with Crippen molar-refractivity contribution in [2.75, 3.05) is 6.54 Å². The highest BCUT2D eigenvalue weighted by Gasteiger charge is 2.00. The lowest BCUT2D eigenvalue weighted by molar-refractivity contribution is 0.250. The lowest BCUT2D eigenvalue weighted by Gasteiger charge is -2.00. The van der Waals surface area contributed by atoms with Crippen molar-refractivity contribution in [3.63, 3.8) is 0 Å². The lowest BCUT2D eigenvalue weighted by Crippen LogP contribution is -2.23. The van der Waals surface area contributed by atoms with E-state index in [2.05, 4.69) is 10.3 Å². The maximum atomic E-state index is 11.0. The molecule has 1 aromatic rings. The van der Waals surface area contributed by atoms with Gasteiger partial charge in [-0.2, -0.15) is 4.99 Å². The first-order chi connectivity index (χ1) is 6.74. The number of hydrogen-bond donors (Lipinski definition) is 2. The fourth-order valence-electron chi connectivity index (χ4n) is 0.974. The summed E-state index contributed by atoms with van der Waals surface area (Å²) in [5.41, 5.74) is 6.36. The Kier molecular flexibility index (Phi) is 3.67. The van der Waals surface area contributed by atoms with E-state index in [9.17, 15) is 4.79 Å². The number of amides is 2. The van der Waals surface area contributed by atoms with Crippen LogP contribution >= 0.6 is 0 Å². The third-order valence-electron chi connectivity index (χ3n) is 1.62. The van der Waals surface area contributed by atoms with Crippen molar-refractivity contribution in [2.24, 2.45) is 10.7 Å². The van der Waals surface area contributed by atoms with E-state index in [-0.39, 0.29) is 5.84 Å². The molecule has 3 N–H and O–H groups in total. The van der Waals surface area contributed by atoms with E-state index in [4.69, 9.17) is 5.73 Å². The summed E-state index contributed by atoms with van der Waals surface area (Å²) < 4.78 is 0. The van der Waals surface area contributed by atoms with Gasteiger partial charge in [0.2, 0.25) is 0 Å². The second kappa shape index (κ2) is 5.01. The standard InChI is InChI=1S/C10H13N3O/c1-2-12-10(14)13-9(11)8-6-4-3-5-7-8/h3-7H,2H2,1H3,(H3,11,12,13,14). The van der Waals surface area contributed by atoms with E-state index in [1.54, 1.807) is 12.1 Å². The molecule has 0 unspecified atom stereocenters. The highest BCUT2D eigenvalue weighted by Crippen LogP contribution is 1.97. The summed E-state index contributed by atoms with van der Waals surface area (Å²) in [5, 5.41) is 2.54. The number of nitrogens with two attached hydrogens (primary N) is 1. The van der Waals surface area contributed by atoms with Crippen LogP contribution in [0.25, 0.3) is 0 Å². The maximum Gasteiger partial charge on any atom is 0.342 e. The second-order valence-corrected chi connectivity index (χ2v) is 2.70. The number of rotatable bonds is 2. The number of urea groups is 1. The third-order valence-corrected chi connectivity index (χ3v) is 1.62. The van der Waals surface area contributed by atoms with E-state index in [1.807, 2.05) is 25.1 Å². The van der Waals surface area contributed by atoms with Gasteiger partial charge in [-0.15, -0.1) is 0 Å². The van der Waals surface area contributed by atoms with Crippen LogP contribution < -0.4 is 11.1 Å². The first-order valence-electron chi connectivity index (χ1n) is 4.41. The van der Waals surface area contributed by atoms with Gasteiger partial charge >= 0.3 is 6.03 Å². The van der Waals surface area contributed by atoms with Gasteiger partial charge in [-0.25, -0.2) is 4.79 Å². The van der Waals surface area contributed by atoms with E-state index in [0.717, 1.165) is 5.56 Å². The van der Waals surface area contributed by atoms with Crippen molar-refractivity contribution in [1.29, 1.82) is 0 Å². The molecule has 0 aromatic heterocycles. The number of hydrogen-bond acceptors (Lipinski definition) is 1. The van der Waals surface area contributed by atoms with Gasteiger partial charge in [-0.3, -0.25) is 0 Å². The number of aliphatic imine (C=N–C) groups is 1. The molecule has 14 heavy (non-hydrogen) atoms. The van der Waals surface area contributed by atoms with Crippen molar-refractivity contribution in [1.82, 2.24) is 5.32 Å². The molecule has 0 bridgehead atoms. The van der Waals surface area contributed by atoms with Crippen LogP contribution in [0.1, 0.15) is 12.5 Å². The van der Waals surface area contributed by atoms with E-state index in [0.29, 0.717) is 6.54 Å². The Hall–Kier alpha value is -1.84. The van der Waals surface area contributed by atoms with Gasteiger partial charge in [0, 0.05) is 12.1 Å². The SMILES string of the molecule is CCNC(=O)/N=C(\N)c1ccccc1. The Morgan fingerprint density at radius 1 is 1.43 bits per heavy atom. The van der Waals surface area contributed by atoms with Crippen molar-refractivity contribution in [2.45, 2.75) is 6.92 Å². The second-order valence-electron chi connectivity index (χ2n) is 2.70. The Morgan fingerprint density at radius 3 is 2.64 bits per heavy atom. The van der Waals surface area contributed by atoms with Crippen LogP contribution in [-0.2, 0) is 0 Å². The van der Waals surface area contributed by atoms with Crippen LogP contribution in [0.15, 0.2) is 35.3 Å².